The normalized spacial score (nSPS) is 19.6. The Kier molecular flexibility index (Phi) is 7.02. The maximum atomic E-state index is 12.1. The summed E-state index contributed by atoms with van der Waals surface area (Å²) in [6.45, 7) is 7.98. The molecule has 1 aliphatic rings. The van der Waals surface area contributed by atoms with Gasteiger partial charge in [0, 0.05) is 32.6 Å². The van der Waals surface area contributed by atoms with E-state index in [4.69, 9.17) is 4.74 Å². The van der Waals surface area contributed by atoms with Gasteiger partial charge in [0.05, 0.1) is 24.2 Å². The molecule has 1 amide bonds. The number of hydrogen-bond acceptors (Lipinski definition) is 6. The predicted molar refractivity (Wildman–Crippen MR) is 111 cm³/mol. The van der Waals surface area contributed by atoms with Crippen LogP contribution in [0.3, 0.4) is 0 Å². The van der Waals surface area contributed by atoms with Crippen molar-refractivity contribution in [1.29, 1.82) is 0 Å². The van der Waals surface area contributed by atoms with Crippen LogP contribution >= 0.6 is 0 Å². The number of likely N-dealkylation sites (tertiary alicyclic amines) is 1. The molecule has 154 valence electrons. The van der Waals surface area contributed by atoms with Crippen LogP contribution in [-0.4, -0.2) is 64.5 Å². The summed E-state index contributed by atoms with van der Waals surface area (Å²) in [7, 11) is 3.31. The first-order valence-electron chi connectivity index (χ1n) is 9.26. The number of rotatable bonds is 6. The fourth-order valence-electron chi connectivity index (χ4n) is 2.77. The monoisotopic (exact) mass is 398 g/mol. The van der Waals surface area contributed by atoms with Crippen molar-refractivity contribution in [1.82, 2.24) is 14.7 Å². The second-order valence-corrected chi connectivity index (χ2v) is 6.41. The summed E-state index contributed by atoms with van der Waals surface area (Å²) in [6, 6.07) is 0. The van der Waals surface area contributed by atoms with E-state index in [1.807, 2.05) is 6.92 Å². The number of aliphatic hydroxyl groups is 1. The van der Waals surface area contributed by atoms with Gasteiger partial charge in [-0.1, -0.05) is 30.6 Å². The van der Waals surface area contributed by atoms with Crippen LogP contribution in [0.2, 0.25) is 0 Å². The maximum Gasteiger partial charge on any atom is 0.361 e. The second-order valence-electron chi connectivity index (χ2n) is 6.41. The Morgan fingerprint density at radius 3 is 2.79 bits per heavy atom. The molecule has 2 N–H and O–H groups in total. The maximum absolute atomic E-state index is 12.1. The first-order chi connectivity index (χ1) is 13.8. The lowest BCUT2D eigenvalue weighted by Gasteiger charge is -2.13. The molecule has 1 saturated heterocycles. The molecule has 8 nitrogen and oxygen atoms in total. The zero-order valence-electron chi connectivity index (χ0n) is 17.2. The van der Waals surface area contributed by atoms with E-state index in [1.165, 1.54) is 15.7 Å². The molecule has 0 aliphatic carbocycles. The van der Waals surface area contributed by atoms with Gasteiger partial charge in [-0.25, -0.2) is 9.48 Å². The third kappa shape index (κ3) is 4.76. The van der Waals surface area contributed by atoms with Crippen LogP contribution in [0.4, 0.5) is 5.69 Å². The molecule has 0 radical (unpaired) electrons. The number of amides is 1. The Morgan fingerprint density at radius 1 is 1.55 bits per heavy atom. The third-order valence-electron chi connectivity index (χ3n) is 4.46. The number of likely N-dealkylation sites (N-methyl/N-ethyl adjacent to an activating group) is 1. The number of nitrogens with one attached hydrogen (secondary N) is 1. The van der Waals surface area contributed by atoms with E-state index in [0.717, 1.165) is 0 Å². The Bertz CT molecular complexity index is 932. The van der Waals surface area contributed by atoms with Crippen LogP contribution in [0, 0.1) is 11.8 Å². The zero-order chi connectivity index (χ0) is 21.6. The number of allylic oxidation sites excluding steroid dienone is 5. The lowest BCUT2D eigenvalue weighted by atomic mass is 10.0. The molecule has 1 unspecified atom stereocenters. The quantitative estimate of drug-likeness (QED) is 0.430. The first-order valence-corrected chi connectivity index (χ1v) is 9.26. The van der Waals surface area contributed by atoms with Gasteiger partial charge in [-0.2, -0.15) is 5.10 Å². The second kappa shape index (κ2) is 9.26. The number of hydrogen-bond donors (Lipinski definition) is 2. The number of aromatic nitrogens is 2. The van der Waals surface area contributed by atoms with Gasteiger partial charge in [-0.15, -0.1) is 0 Å². The summed E-state index contributed by atoms with van der Waals surface area (Å²) in [5, 5.41) is 17.7. The van der Waals surface area contributed by atoms with E-state index in [2.05, 4.69) is 28.8 Å². The minimum Gasteiger partial charge on any atom is -0.461 e. The molecular formula is C21H26N4O4. The highest BCUT2D eigenvalue weighted by molar-refractivity contribution is 5.93. The highest BCUT2D eigenvalue weighted by atomic mass is 16.5. The van der Waals surface area contributed by atoms with Gasteiger partial charge in [0.2, 0.25) is 5.60 Å². The minimum atomic E-state index is -1.69. The standard InChI is InChI=1S/C21H26N4O4/c1-6-15(9-10-21(28)11-12-24(5)20(21)27)13-16(7-2)25-14-17(22-4)18(23-25)19(26)29-8-3/h6-7,13-14,22,28H,1,8,11-12H2,2-5H3/b15-13+,16-7+. The van der Waals surface area contributed by atoms with Crippen molar-refractivity contribution in [3.05, 3.63) is 42.3 Å². The van der Waals surface area contributed by atoms with Crippen molar-refractivity contribution in [2.45, 2.75) is 25.9 Å². The highest BCUT2D eigenvalue weighted by Crippen LogP contribution is 2.22. The van der Waals surface area contributed by atoms with Gasteiger partial charge in [0.15, 0.2) is 5.69 Å². The molecule has 2 heterocycles. The van der Waals surface area contributed by atoms with E-state index in [1.54, 1.807) is 39.4 Å². The molecule has 0 spiro atoms. The molecular weight excluding hydrogens is 372 g/mol. The lowest BCUT2D eigenvalue weighted by molar-refractivity contribution is -0.137. The number of esters is 1. The molecule has 1 aliphatic heterocycles. The Balaban J connectivity index is 2.36. The average molecular weight is 398 g/mol. The molecule has 29 heavy (non-hydrogen) atoms. The van der Waals surface area contributed by atoms with Crippen molar-refractivity contribution >= 4 is 23.3 Å². The van der Waals surface area contributed by atoms with Gasteiger partial charge < -0.3 is 20.1 Å². The smallest absolute Gasteiger partial charge is 0.361 e. The molecule has 1 fully saturated rings. The molecule has 1 aromatic heterocycles. The fraction of sp³-hybridized carbons (Fsp3) is 0.381. The summed E-state index contributed by atoms with van der Waals surface area (Å²) < 4.78 is 6.55. The predicted octanol–water partition coefficient (Wildman–Crippen LogP) is 1.67. The van der Waals surface area contributed by atoms with E-state index in [-0.39, 0.29) is 18.7 Å². The van der Waals surface area contributed by atoms with Crippen LogP contribution in [0.5, 0.6) is 0 Å². The van der Waals surface area contributed by atoms with Crippen molar-refractivity contribution < 1.29 is 19.4 Å². The van der Waals surface area contributed by atoms with Crippen LogP contribution in [0.25, 0.3) is 5.70 Å². The number of carbonyl (C=O) groups is 2. The van der Waals surface area contributed by atoms with Crippen molar-refractivity contribution in [3.63, 3.8) is 0 Å². The van der Waals surface area contributed by atoms with Crippen molar-refractivity contribution in [2.75, 3.05) is 32.6 Å². The number of carbonyl (C=O) groups excluding carboxylic acids is 2. The van der Waals surface area contributed by atoms with Gasteiger partial charge in [0.1, 0.15) is 0 Å². The topological polar surface area (TPSA) is 96.7 Å². The van der Waals surface area contributed by atoms with E-state index >= 15 is 0 Å². The van der Waals surface area contributed by atoms with Crippen LogP contribution < -0.4 is 5.32 Å². The average Bonchev–Trinajstić information content (AvgIpc) is 3.26. The Hall–Kier alpha value is -3.31. The number of nitrogens with zero attached hydrogens (tertiary/aromatic N) is 3. The van der Waals surface area contributed by atoms with Gasteiger partial charge in [-0.3, -0.25) is 4.79 Å². The summed E-state index contributed by atoms with van der Waals surface area (Å²) in [4.78, 5) is 25.6. The van der Waals surface area contributed by atoms with Crippen molar-refractivity contribution in [2.24, 2.45) is 0 Å². The molecule has 8 heteroatoms. The lowest BCUT2D eigenvalue weighted by Crippen LogP contribution is -2.37. The van der Waals surface area contributed by atoms with Crippen molar-refractivity contribution in [3.8, 4) is 11.8 Å². The van der Waals surface area contributed by atoms with Gasteiger partial charge in [-0.05, 0) is 19.9 Å². The minimum absolute atomic E-state index is 0.169. The number of ether oxygens (including phenoxy) is 1. The molecule has 1 aromatic rings. The summed E-state index contributed by atoms with van der Waals surface area (Å²) in [6.07, 6.45) is 6.93. The van der Waals surface area contributed by atoms with Crippen LogP contribution in [0.1, 0.15) is 30.8 Å². The molecule has 0 aromatic carbocycles. The van der Waals surface area contributed by atoms with Gasteiger partial charge >= 0.3 is 5.97 Å². The Morgan fingerprint density at radius 2 is 2.28 bits per heavy atom. The SMILES string of the molecule is C=C/C(C#CC1(O)CCN(C)C1=O)=C\C(=C/C)n1cc(NC)c(C(=O)OCC)n1. The van der Waals surface area contributed by atoms with E-state index in [9.17, 15) is 14.7 Å². The summed E-state index contributed by atoms with van der Waals surface area (Å²) >= 11 is 0. The summed E-state index contributed by atoms with van der Waals surface area (Å²) in [5.41, 5.74) is 0.129. The first kappa shape index (κ1) is 22.0. The van der Waals surface area contributed by atoms with E-state index < -0.39 is 17.5 Å². The molecule has 0 bridgehead atoms. The highest BCUT2D eigenvalue weighted by Gasteiger charge is 2.42. The molecule has 1 atom stereocenters. The number of anilines is 1. The summed E-state index contributed by atoms with van der Waals surface area (Å²) in [5.74, 6) is 4.55. The Labute approximate surface area is 170 Å². The largest absolute Gasteiger partial charge is 0.461 e. The third-order valence-corrected chi connectivity index (χ3v) is 4.46. The van der Waals surface area contributed by atoms with Gasteiger partial charge in [0.25, 0.3) is 5.91 Å². The van der Waals surface area contributed by atoms with Crippen LogP contribution in [-0.2, 0) is 9.53 Å². The van der Waals surface area contributed by atoms with Crippen LogP contribution in [0.15, 0.2) is 36.6 Å². The fourth-order valence-corrected chi connectivity index (χ4v) is 2.77. The van der Waals surface area contributed by atoms with E-state index in [0.29, 0.717) is 23.5 Å². The zero-order valence-corrected chi connectivity index (χ0v) is 17.2. The molecule has 0 saturated carbocycles. The molecule has 2 rings (SSSR count).